The Kier molecular flexibility index (Phi) is 2.70. The van der Waals surface area contributed by atoms with E-state index < -0.39 is 17.6 Å². The molecule has 1 N–H and O–H groups in total. The molecule has 20 heavy (non-hydrogen) atoms. The molecule has 3 aromatic rings. The fraction of sp³-hybridized carbons (Fsp3) is 0.0769. The average molecular weight is 281 g/mol. The number of fused-ring (bicyclic) bond motifs is 1. The van der Waals surface area contributed by atoms with Gasteiger partial charge in [-0.1, -0.05) is 12.1 Å². The molecular weight excluding hydrogens is 274 g/mol. The lowest BCUT2D eigenvalue weighted by atomic mass is 10.0. The average Bonchev–Trinajstić information content (AvgIpc) is 2.84. The van der Waals surface area contributed by atoms with Gasteiger partial charge in [-0.15, -0.1) is 0 Å². The summed E-state index contributed by atoms with van der Waals surface area (Å²) in [6.07, 6.45) is -1.94. The maximum absolute atomic E-state index is 14.0. The van der Waals surface area contributed by atoms with E-state index in [1.54, 1.807) is 0 Å². The Bertz CT molecular complexity index is 777. The molecule has 2 aromatic heterocycles. The van der Waals surface area contributed by atoms with Gasteiger partial charge < -0.3 is 0 Å². The van der Waals surface area contributed by atoms with Gasteiger partial charge in [-0.2, -0.15) is 18.3 Å². The second-order valence-electron chi connectivity index (χ2n) is 4.19. The molecule has 0 aliphatic rings. The Hall–Kier alpha value is -2.44. The standard InChI is InChI=1S/C13H7F4N3/c14-12-8(2-1-3-9(12)13(15,16)17)7-4-10-11(18-5-7)6-19-20-10/h1-6H,(H,19,20). The van der Waals surface area contributed by atoms with E-state index in [1.807, 2.05) is 0 Å². The van der Waals surface area contributed by atoms with Crippen molar-refractivity contribution in [2.45, 2.75) is 6.18 Å². The topological polar surface area (TPSA) is 41.6 Å². The SMILES string of the molecule is Fc1c(-c2cnc3cn[nH]c3c2)cccc1C(F)(F)F. The summed E-state index contributed by atoms with van der Waals surface area (Å²) in [5, 5.41) is 6.39. The van der Waals surface area contributed by atoms with Crippen LogP contribution >= 0.6 is 0 Å². The number of H-pyrrole nitrogens is 1. The second kappa shape index (κ2) is 4.29. The Balaban J connectivity index is 2.18. The number of aromatic amines is 1. The highest BCUT2D eigenvalue weighted by Crippen LogP contribution is 2.35. The van der Waals surface area contributed by atoms with Crippen molar-refractivity contribution in [1.29, 1.82) is 0 Å². The van der Waals surface area contributed by atoms with Crippen LogP contribution in [0.5, 0.6) is 0 Å². The number of benzene rings is 1. The molecule has 3 nitrogen and oxygen atoms in total. The lowest BCUT2D eigenvalue weighted by Crippen LogP contribution is -2.08. The number of halogens is 4. The fourth-order valence-corrected chi connectivity index (χ4v) is 1.95. The quantitative estimate of drug-likeness (QED) is 0.690. The fourth-order valence-electron chi connectivity index (χ4n) is 1.95. The largest absolute Gasteiger partial charge is 0.419 e. The minimum absolute atomic E-state index is 0.149. The van der Waals surface area contributed by atoms with Crippen LogP contribution in [0.25, 0.3) is 22.2 Å². The molecule has 7 heteroatoms. The Morgan fingerprint density at radius 1 is 1.10 bits per heavy atom. The zero-order valence-corrected chi connectivity index (χ0v) is 9.87. The van der Waals surface area contributed by atoms with Gasteiger partial charge in [-0.25, -0.2) is 4.39 Å². The van der Waals surface area contributed by atoms with Crippen molar-refractivity contribution in [2.75, 3.05) is 0 Å². The summed E-state index contributed by atoms with van der Waals surface area (Å²) in [7, 11) is 0. The van der Waals surface area contributed by atoms with Crippen molar-refractivity contribution in [3.05, 3.63) is 48.0 Å². The van der Waals surface area contributed by atoms with Crippen molar-refractivity contribution < 1.29 is 17.6 Å². The molecule has 3 rings (SSSR count). The Labute approximate surface area is 110 Å². The number of nitrogens with zero attached hydrogens (tertiary/aromatic N) is 2. The third-order valence-corrected chi connectivity index (χ3v) is 2.91. The minimum atomic E-state index is -4.73. The van der Waals surface area contributed by atoms with Crippen LogP contribution in [0.3, 0.4) is 0 Å². The summed E-state index contributed by atoms with van der Waals surface area (Å²) in [4.78, 5) is 4.01. The number of hydrogen-bond donors (Lipinski definition) is 1. The van der Waals surface area contributed by atoms with Gasteiger partial charge in [0.05, 0.1) is 17.3 Å². The Morgan fingerprint density at radius 2 is 1.90 bits per heavy atom. The predicted molar refractivity (Wildman–Crippen MR) is 64.3 cm³/mol. The highest BCUT2D eigenvalue weighted by molar-refractivity contribution is 5.79. The first-order chi connectivity index (χ1) is 9.47. The first-order valence-electron chi connectivity index (χ1n) is 5.62. The van der Waals surface area contributed by atoms with E-state index in [0.29, 0.717) is 17.1 Å². The van der Waals surface area contributed by atoms with Crippen LogP contribution in [0.4, 0.5) is 17.6 Å². The van der Waals surface area contributed by atoms with E-state index in [9.17, 15) is 17.6 Å². The van der Waals surface area contributed by atoms with E-state index in [0.717, 1.165) is 0 Å². The lowest BCUT2D eigenvalue weighted by molar-refractivity contribution is -0.139. The highest BCUT2D eigenvalue weighted by Gasteiger charge is 2.34. The summed E-state index contributed by atoms with van der Waals surface area (Å²) in [6.45, 7) is 0. The van der Waals surface area contributed by atoms with Crippen molar-refractivity contribution in [3.63, 3.8) is 0 Å². The molecule has 0 unspecified atom stereocenters. The molecule has 0 aliphatic heterocycles. The molecule has 0 spiro atoms. The molecule has 1 aromatic carbocycles. The molecule has 102 valence electrons. The molecule has 2 heterocycles. The van der Waals surface area contributed by atoms with E-state index >= 15 is 0 Å². The lowest BCUT2D eigenvalue weighted by Gasteiger charge is -2.11. The molecule has 0 saturated heterocycles. The number of aromatic nitrogens is 3. The van der Waals surface area contributed by atoms with Crippen LogP contribution in [-0.4, -0.2) is 15.2 Å². The van der Waals surface area contributed by atoms with Gasteiger partial charge >= 0.3 is 6.18 Å². The van der Waals surface area contributed by atoms with Crippen LogP contribution in [0.1, 0.15) is 5.56 Å². The monoisotopic (exact) mass is 281 g/mol. The van der Waals surface area contributed by atoms with E-state index in [4.69, 9.17) is 0 Å². The van der Waals surface area contributed by atoms with Crippen LogP contribution in [0.15, 0.2) is 36.7 Å². The van der Waals surface area contributed by atoms with Crippen molar-refractivity contribution >= 4 is 11.0 Å². The first-order valence-corrected chi connectivity index (χ1v) is 5.62. The van der Waals surface area contributed by atoms with Gasteiger partial charge in [0.25, 0.3) is 0 Å². The molecule has 0 amide bonds. The van der Waals surface area contributed by atoms with E-state index in [2.05, 4.69) is 15.2 Å². The molecule has 0 radical (unpaired) electrons. The smallest absolute Gasteiger partial charge is 0.276 e. The van der Waals surface area contributed by atoms with Crippen molar-refractivity contribution in [3.8, 4) is 11.1 Å². The molecule has 0 atom stereocenters. The minimum Gasteiger partial charge on any atom is -0.276 e. The maximum atomic E-state index is 14.0. The second-order valence-corrected chi connectivity index (χ2v) is 4.19. The van der Waals surface area contributed by atoms with Gasteiger partial charge in [0.1, 0.15) is 11.3 Å². The van der Waals surface area contributed by atoms with Crippen molar-refractivity contribution in [1.82, 2.24) is 15.2 Å². The van der Waals surface area contributed by atoms with Crippen molar-refractivity contribution in [2.24, 2.45) is 0 Å². The number of hydrogen-bond acceptors (Lipinski definition) is 2. The molecule has 0 saturated carbocycles. The molecule has 0 bridgehead atoms. The Morgan fingerprint density at radius 3 is 2.65 bits per heavy atom. The van der Waals surface area contributed by atoms with Gasteiger partial charge in [-0.05, 0) is 12.1 Å². The third-order valence-electron chi connectivity index (χ3n) is 2.91. The van der Waals surface area contributed by atoms with Gasteiger partial charge in [0, 0.05) is 17.3 Å². The maximum Gasteiger partial charge on any atom is 0.419 e. The third kappa shape index (κ3) is 2.01. The highest BCUT2D eigenvalue weighted by atomic mass is 19.4. The normalized spacial score (nSPS) is 12.0. The number of nitrogens with one attached hydrogen (secondary N) is 1. The van der Waals surface area contributed by atoms with Gasteiger partial charge in [-0.3, -0.25) is 10.1 Å². The predicted octanol–water partition coefficient (Wildman–Crippen LogP) is 3.78. The van der Waals surface area contributed by atoms with Crippen LogP contribution in [0.2, 0.25) is 0 Å². The summed E-state index contributed by atoms with van der Waals surface area (Å²) in [5.41, 5.74) is -0.102. The van der Waals surface area contributed by atoms with Crippen LogP contribution < -0.4 is 0 Å². The van der Waals surface area contributed by atoms with Gasteiger partial charge in [0.15, 0.2) is 0 Å². The summed E-state index contributed by atoms with van der Waals surface area (Å²) < 4.78 is 52.0. The van der Waals surface area contributed by atoms with Crippen LogP contribution in [0, 0.1) is 5.82 Å². The number of rotatable bonds is 1. The number of pyridine rings is 1. The summed E-state index contributed by atoms with van der Waals surface area (Å²) in [5.74, 6) is -1.30. The summed E-state index contributed by atoms with van der Waals surface area (Å²) in [6, 6.07) is 4.66. The molecular formula is C13H7F4N3. The molecule has 0 aliphatic carbocycles. The zero-order valence-electron chi connectivity index (χ0n) is 9.87. The molecule has 0 fully saturated rings. The van der Waals surface area contributed by atoms with Gasteiger partial charge in [0.2, 0.25) is 0 Å². The summed E-state index contributed by atoms with van der Waals surface area (Å²) >= 11 is 0. The van der Waals surface area contributed by atoms with Crippen LogP contribution in [-0.2, 0) is 6.18 Å². The first kappa shape index (κ1) is 12.6. The van der Waals surface area contributed by atoms with E-state index in [1.165, 1.54) is 30.6 Å². The number of alkyl halides is 3. The zero-order chi connectivity index (χ0) is 14.3. The van der Waals surface area contributed by atoms with E-state index in [-0.39, 0.29) is 11.1 Å².